The summed E-state index contributed by atoms with van der Waals surface area (Å²) in [5, 5.41) is 10.6. The predicted molar refractivity (Wildman–Crippen MR) is 60.0 cm³/mol. The van der Waals surface area contributed by atoms with Gasteiger partial charge in [0.25, 0.3) is 0 Å². The highest BCUT2D eigenvalue weighted by molar-refractivity contribution is 6.29. The van der Waals surface area contributed by atoms with Crippen LogP contribution in [0.15, 0.2) is 12.1 Å². The molecule has 16 heavy (non-hydrogen) atoms. The van der Waals surface area contributed by atoms with Crippen molar-refractivity contribution >= 4 is 23.3 Å². The van der Waals surface area contributed by atoms with Crippen molar-refractivity contribution in [2.24, 2.45) is 17.8 Å². The predicted octanol–water partition coefficient (Wildman–Crippen LogP) is 2.11. The zero-order chi connectivity index (χ0) is 11.1. The van der Waals surface area contributed by atoms with E-state index in [1.165, 1.54) is 6.42 Å². The molecule has 0 radical (unpaired) electrons. The number of halogens is 1. The molecule has 0 aliphatic heterocycles. The summed E-state index contributed by atoms with van der Waals surface area (Å²) >= 11 is 5.61. The highest BCUT2D eigenvalue weighted by Crippen LogP contribution is 2.54. The Labute approximate surface area is 98.4 Å². The van der Waals surface area contributed by atoms with Gasteiger partial charge in [0.2, 0.25) is 5.91 Å². The van der Waals surface area contributed by atoms with Gasteiger partial charge < -0.3 is 5.32 Å². The summed E-state index contributed by atoms with van der Waals surface area (Å²) in [6.45, 7) is 0. The maximum Gasteiger partial charge on any atom is 0.228 e. The van der Waals surface area contributed by atoms with E-state index < -0.39 is 0 Å². The number of amides is 1. The molecule has 0 bridgehead atoms. The number of nitrogens with one attached hydrogen (secondary N) is 1. The number of aromatic nitrogens is 2. The van der Waals surface area contributed by atoms with E-state index in [1.807, 2.05) is 0 Å². The SMILES string of the molecule is O=C(Nc1ccc(Cl)nn1)C1CC2CC2C1. The lowest BCUT2D eigenvalue weighted by Crippen LogP contribution is -2.22. The number of carbonyl (C=O) groups excluding carboxylic acids is 1. The first kappa shape index (κ1) is 10.0. The molecular weight excluding hydrogens is 226 g/mol. The van der Waals surface area contributed by atoms with Crippen molar-refractivity contribution in [2.45, 2.75) is 19.3 Å². The average molecular weight is 238 g/mol. The van der Waals surface area contributed by atoms with Crippen LogP contribution >= 0.6 is 11.6 Å². The van der Waals surface area contributed by atoms with Crippen LogP contribution in [0.5, 0.6) is 0 Å². The molecule has 1 aromatic rings. The Morgan fingerprint density at radius 1 is 1.25 bits per heavy atom. The van der Waals surface area contributed by atoms with E-state index in [9.17, 15) is 4.79 Å². The minimum absolute atomic E-state index is 0.0730. The van der Waals surface area contributed by atoms with Gasteiger partial charge >= 0.3 is 0 Å². The summed E-state index contributed by atoms with van der Waals surface area (Å²) in [5.74, 6) is 2.35. The molecule has 84 valence electrons. The van der Waals surface area contributed by atoms with Crippen molar-refractivity contribution in [2.75, 3.05) is 5.32 Å². The monoisotopic (exact) mass is 237 g/mol. The lowest BCUT2D eigenvalue weighted by atomic mass is 10.0. The van der Waals surface area contributed by atoms with Gasteiger partial charge in [-0.2, -0.15) is 0 Å². The van der Waals surface area contributed by atoms with E-state index in [2.05, 4.69) is 15.5 Å². The third-order valence-electron chi connectivity index (χ3n) is 3.50. The molecule has 0 aromatic carbocycles. The Hall–Kier alpha value is -1.16. The zero-order valence-electron chi connectivity index (χ0n) is 8.69. The van der Waals surface area contributed by atoms with E-state index in [0.717, 1.165) is 24.7 Å². The van der Waals surface area contributed by atoms with Gasteiger partial charge in [0.05, 0.1) is 0 Å². The maximum absolute atomic E-state index is 11.9. The Morgan fingerprint density at radius 2 is 2.00 bits per heavy atom. The van der Waals surface area contributed by atoms with Gasteiger partial charge in [0, 0.05) is 5.92 Å². The van der Waals surface area contributed by atoms with Crippen molar-refractivity contribution in [1.82, 2.24) is 10.2 Å². The fourth-order valence-electron chi connectivity index (χ4n) is 2.54. The van der Waals surface area contributed by atoms with E-state index >= 15 is 0 Å². The fourth-order valence-corrected chi connectivity index (χ4v) is 2.64. The summed E-state index contributed by atoms with van der Waals surface area (Å²) in [4.78, 5) is 11.9. The number of carbonyl (C=O) groups is 1. The Kier molecular flexibility index (Phi) is 2.32. The summed E-state index contributed by atoms with van der Waals surface area (Å²) in [5.41, 5.74) is 0. The van der Waals surface area contributed by atoms with Crippen molar-refractivity contribution in [3.05, 3.63) is 17.3 Å². The van der Waals surface area contributed by atoms with Gasteiger partial charge in [0.1, 0.15) is 0 Å². The molecule has 2 unspecified atom stereocenters. The van der Waals surface area contributed by atoms with Crippen LogP contribution in [-0.2, 0) is 4.79 Å². The van der Waals surface area contributed by atoms with E-state index in [4.69, 9.17) is 11.6 Å². The number of rotatable bonds is 2. The van der Waals surface area contributed by atoms with Crippen LogP contribution in [0, 0.1) is 17.8 Å². The Bertz CT molecular complexity index is 410. The van der Waals surface area contributed by atoms with Crippen LogP contribution in [0.4, 0.5) is 5.82 Å². The number of fused-ring (bicyclic) bond motifs is 1. The minimum Gasteiger partial charge on any atom is -0.309 e. The van der Waals surface area contributed by atoms with Crippen LogP contribution in [-0.4, -0.2) is 16.1 Å². The summed E-state index contributed by atoms with van der Waals surface area (Å²) < 4.78 is 0. The lowest BCUT2D eigenvalue weighted by molar-refractivity contribution is -0.120. The molecular formula is C11H12ClN3O. The molecule has 2 saturated carbocycles. The highest BCUT2D eigenvalue weighted by Gasteiger charge is 2.47. The van der Waals surface area contributed by atoms with Gasteiger partial charge in [-0.1, -0.05) is 11.6 Å². The van der Waals surface area contributed by atoms with Crippen LogP contribution in [0.3, 0.4) is 0 Å². The van der Waals surface area contributed by atoms with Gasteiger partial charge in [-0.25, -0.2) is 0 Å². The average Bonchev–Trinajstić information content (AvgIpc) is 2.89. The quantitative estimate of drug-likeness (QED) is 0.857. The molecule has 2 aliphatic carbocycles. The number of anilines is 1. The lowest BCUT2D eigenvalue weighted by Gasteiger charge is -2.10. The van der Waals surface area contributed by atoms with Crippen LogP contribution in [0.25, 0.3) is 0 Å². The number of hydrogen-bond donors (Lipinski definition) is 1. The molecule has 2 atom stereocenters. The molecule has 3 rings (SSSR count). The maximum atomic E-state index is 11.9. The normalized spacial score (nSPS) is 30.9. The van der Waals surface area contributed by atoms with Gasteiger partial charge in [-0.15, -0.1) is 10.2 Å². The van der Waals surface area contributed by atoms with Crippen molar-refractivity contribution in [3.8, 4) is 0 Å². The van der Waals surface area contributed by atoms with Gasteiger partial charge in [0.15, 0.2) is 11.0 Å². The standard InChI is InChI=1S/C11H12ClN3O/c12-9-1-2-10(15-14-9)13-11(16)8-4-6-3-7(6)5-8/h1-2,6-8H,3-5H2,(H,13,15,16). The van der Waals surface area contributed by atoms with Gasteiger partial charge in [-0.05, 0) is 43.2 Å². The van der Waals surface area contributed by atoms with E-state index in [1.54, 1.807) is 12.1 Å². The molecule has 4 nitrogen and oxygen atoms in total. The van der Waals surface area contributed by atoms with Gasteiger partial charge in [-0.3, -0.25) is 4.79 Å². The summed E-state index contributed by atoms with van der Waals surface area (Å²) in [6, 6.07) is 3.29. The molecule has 2 fully saturated rings. The molecule has 1 aromatic heterocycles. The second kappa shape index (κ2) is 3.70. The summed E-state index contributed by atoms with van der Waals surface area (Å²) in [7, 11) is 0. The van der Waals surface area contributed by atoms with Crippen LogP contribution < -0.4 is 5.32 Å². The number of nitrogens with zero attached hydrogens (tertiary/aromatic N) is 2. The topological polar surface area (TPSA) is 54.9 Å². The highest BCUT2D eigenvalue weighted by atomic mass is 35.5. The second-order valence-electron chi connectivity index (χ2n) is 4.65. The number of hydrogen-bond acceptors (Lipinski definition) is 3. The van der Waals surface area contributed by atoms with Crippen molar-refractivity contribution in [1.29, 1.82) is 0 Å². The largest absolute Gasteiger partial charge is 0.309 e. The third-order valence-corrected chi connectivity index (χ3v) is 3.70. The third kappa shape index (κ3) is 1.89. The van der Waals surface area contributed by atoms with Crippen molar-refractivity contribution in [3.63, 3.8) is 0 Å². The first-order valence-electron chi connectivity index (χ1n) is 5.52. The minimum atomic E-state index is 0.0730. The molecule has 0 spiro atoms. The smallest absolute Gasteiger partial charge is 0.228 e. The fraction of sp³-hybridized carbons (Fsp3) is 0.545. The molecule has 2 aliphatic rings. The first-order chi connectivity index (χ1) is 7.72. The molecule has 0 saturated heterocycles. The first-order valence-corrected chi connectivity index (χ1v) is 5.90. The zero-order valence-corrected chi connectivity index (χ0v) is 9.44. The summed E-state index contributed by atoms with van der Waals surface area (Å²) in [6.07, 6.45) is 3.40. The molecule has 5 heteroatoms. The van der Waals surface area contributed by atoms with E-state index in [0.29, 0.717) is 11.0 Å². The molecule has 1 amide bonds. The Balaban J connectivity index is 1.61. The van der Waals surface area contributed by atoms with E-state index in [-0.39, 0.29) is 11.8 Å². The van der Waals surface area contributed by atoms with Crippen LogP contribution in [0.2, 0.25) is 5.15 Å². The Morgan fingerprint density at radius 3 is 2.62 bits per heavy atom. The second-order valence-corrected chi connectivity index (χ2v) is 5.04. The van der Waals surface area contributed by atoms with Crippen molar-refractivity contribution < 1.29 is 4.79 Å². The van der Waals surface area contributed by atoms with Crippen LogP contribution in [0.1, 0.15) is 19.3 Å². The molecule has 1 heterocycles. The molecule has 1 N–H and O–H groups in total.